The molecule has 0 saturated carbocycles. The van der Waals surface area contributed by atoms with Crippen LogP contribution in [-0.2, 0) is 0 Å². The van der Waals surface area contributed by atoms with Gasteiger partial charge in [-0.15, -0.1) is 11.3 Å². The lowest BCUT2D eigenvalue weighted by molar-refractivity contribution is 0.102. The molecule has 2 aromatic rings. The second-order valence-electron chi connectivity index (χ2n) is 3.23. The Morgan fingerprint density at radius 3 is 2.71 bits per heavy atom. The number of halogens is 1. The molecule has 0 N–H and O–H groups in total. The van der Waals surface area contributed by atoms with Crippen molar-refractivity contribution < 1.29 is 4.79 Å². The lowest BCUT2D eigenvalue weighted by Crippen LogP contribution is -1.88. The van der Waals surface area contributed by atoms with Gasteiger partial charge in [0, 0.05) is 15.1 Å². The van der Waals surface area contributed by atoms with E-state index in [1.54, 1.807) is 6.92 Å². The van der Waals surface area contributed by atoms with Gasteiger partial charge in [-0.3, -0.25) is 4.79 Å². The standard InChI is InChI=1S/C11H9ClOS/c1-6-10-8(12)4-3-5-9(10)14-11(6)7(2)13/h3-5H,1-2H3. The minimum absolute atomic E-state index is 0.111. The number of benzene rings is 1. The molecule has 2 rings (SSSR count). The molecule has 0 aliphatic rings. The SMILES string of the molecule is CC(=O)c1sc2cccc(Cl)c2c1C. The summed E-state index contributed by atoms with van der Waals surface area (Å²) in [6.07, 6.45) is 0. The summed E-state index contributed by atoms with van der Waals surface area (Å²) in [6.45, 7) is 3.53. The van der Waals surface area contributed by atoms with Crippen LogP contribution < -0.4 is 0 Å². The van der Waals surface area contributed by atoms with Crippen molar-refractivity contribution in [3.05, 3.63) is 33.7 Å². The molecule has 0 fully saturated rings. The van der Waals surface area contributed by atoms with Crippen LogP contribution in [0.25, 0.3) is 10.1 Å². The zero-order valence-electron chi connectivity index (χ0n) is 7.93. The third-order valence-electron chi connectivity index (χ3n) is 2.22. The van der Waals surface area contributed by atoms with E-state index < -0.39 is 0 Å². The molecule has 3 heteroatoms. The van der Waals surface area contributed by atoms with Crippen LogP contribution in [0.1, 0.15) is 22.2 Å². The summed E-state index contributed by atoms with van der Waals surface area (Å²) in [5.74, 6) is 0.111. The number of fused-ring (bicyclic) bond motifs is 1. The number of Topliss-reactive ketones (excluding diaryl/α,β-unsaturated/α-hetero) is 1. The molecular weight excluding hydrogens is 216 g/mol. The summed E-state index contributed by atoms with van der Waals surface area (Å²) in [7, 11) is 0. The highest BCUT2D eigenvalue weighted by Crippen LogP contribution is 2.35. The van der Waals surface area contributed by atoms with E-state index in [-0.39, 0.29) is 5.78 Å². The van der Waals surface area contributed by atoms with Crippen LogP contribution in [0.15, 0.2) is 18.2 Å². The molecular formula is C11H9ClOS. The first-order valence-electron chi connectivity index (χ1n) is 4.30. The maximum atomic E-state index is 11.3. The van der Waals surface area contributed by atoms with Crippen molar-refractivity contribution in [1.29, 1.82) is 0 Å². The number of rotatable bonds is 1. The molecule has 0 atom stereocenters. The van der Waals surface area contributed by atoms with Crippen molar-refractivity contribution in [2.45, 2.75) is 13.8 Å². The minimum atomic E-state index is 0.111. The number of hydrogen-bond donors (Lipinski definition) is 0. The normalized spacial score (nSPS) is 10.8. The topological polar surface area (TPSA) is 17.1 Å². The number of hydrogen-bond acceptors (Lipinski definition) is 2. The van der Waals surface area contributed by atoms with Crippen LogP contribution in [0, 0.1) is 6.92 Å². The number of ketones is 1. The highest BCUT2D eigenvalue weighted by atomic mass is 35.5. The Balaban J connectivity index is 2.87. The van der Waals surface area contributed by atoms with E-state index in [0.29, 0.717) is 0 Å². The van der Waals surface area contributed by atoms with E-state index in [0.717, 1.165) is 25.5 Å². The van der Waals surface area contributed by atoms with Crippen LogP contribution in [0.2, 0.25) is 5.02 Å². The van der Waals surface area contributed by atoms with Crippen LogP contribution in [-0.4, -0.2) is 5.78 Å². The molecule has 1 heterocycles. The summed E-state index contributed by atoms with van der Waals surface area (Å²) in [6, 6.07) is 5.75. The van der Waals surface area contributed by atoms with Crippen molar-refractivity contribution in [1.82, 2.24) is 0 Å². The second-order valence-corrected chi connectivity index (χ2v) is 4.68. The Kier molecular flexibility index (Phi) is 2.33. The Labute approximate surface area is 91.3 Å². The predicted molar refractivity (Wildman–Crippen MR) is 61.6 cm³/mol. The smallest absolute Gasteiger partial charge is 0.170 e. The summed E-state index contributed by atoms with van der Waals surface area (Å²) in [5, 5.41) is 1.74. The lowest BCUT2D eigenvalue weighted by Gasteiger charge is -1.95. The minimum Gasteiger partial charge on any atom is -0.294 e. The highest BCUT2D eigenvalue weighted by molar-refractivity contribution is 7.21. The molecule has 0 amide bonds. The molecule has 0 aliphatic heterocycles. The molecule has 1 aromatic carbocycles. The van der Waals surface area contributed by atoms with Crippen molar-refractivity contribution >= 4 is 38.8 Å². The third-order valence-corrected chi connectivity index (χ3v) is 3.90. The summed E-state index contributed by atoms with van der Waals surface area (Å²) in [5.41, 5.74) is 1.00. The highest BCUT2D eigenvalue weighted by Gasteiger charge is 2.13. The van der Waals surface area contributed by atoms with Gasteiger partial charge >= 0.3 is 0 Å². The molecule has 0 spiro atoms. The average Bonchev–Trinajstić information content (AvgIpc) is 2.45. The van der Waals surface area contributed by atoms with Gasteiger partial charge in [-0.1, -0.05) is 17.7 Å². The van der Waals surface area contributed by atoms with Gasteiger partial charge in [-0.05, 0) is 31.5 Å². The maximum absolute atomic E-state index is 11.3. The zero-order chi connectivity index (χ0) is 10.3. The number of thiophene rings is 1. The fraction of sp³-hybridized carbons (Fsp3) is 0.182. The van der Waals surface area contributed by atoms with E-state index in [4.69, 9.17) is 11.6 Å². The Bertz CT molecular complexity index is 513. The first-order chi connectivity index (χ1) is 6.61. The Morgan fingerprint density at radius 1 is 1.43 bits per heavy atom. The van der Waals surface area contributed by atoms with Gasteiger partial charge < -0.3 is 0 Å². The molecule has 0 bridgehead atoms. The van der Waals surface area contributed by atoms with Gasteiger partial charge in [0.2, 0.25) is 0 Å². The van der Waals surface area contributed by atoms with Gasteiger partial charge in [0.1, 0.15) is 0 Å². The van der Waals surface area contributed by atoms with Gasteiger partial charge in [-0.2, -0.15) is 0 Å². The first kappa shape index (κ1) is 9.69. The largest absolute Gasteiger partial charge is 0.294 e. The Morgan fingerprint density at radius 2 is 2.14 bits per heavy atom. The van der Waals surface area contributed by atoms with E-state index in [2.05, 4.69) is 0 Å². The molecule has 0 radical (unpaired) electrons. The van der Waals surface area contributed by atoms with Crippen molar-refractivity contribution in [2.75, 3.05) is 0 Å². The molecule has 1 nitrogen and oxygen atoms in total. The second kappa shape index (κ2) is 3.37. The van der Waals surface area contributed by atoms with Crippen LogP contribution in [0.3, 0.4) is 0 Å². The van der Waals surface area contributed by atoms with Crippen LogP contribution in [0.5, 0.6) is 0 Å². The van der Waals surface area contributed by atoms with Crippen molar-refractivity contribution in [3.63, 3.8) is 0 Å². The summed E-state index contributed by atoms with van der Waals surface area (Å²) < 4.78 is 1.08. The maximum Gasteiger partial charge on any atom is 0.170 e. The van der Waals surface area contributed by atoms with Crippen LogP contribution in [0.4, 0.5) is 0 Å². The number of carbonyl (C=O) groups is 1. The fourth-order valence-electron chi connectivity index (χ4n) is 1.59. The summed E-state index contributed by atoms with van der Waals surface area (Å²) >= 11 is 7.59. The lowest BCUT2D eigenvalue weighted by atomic mass is 10.1. The van der Waals surface area contributed by atoms with Gasteiger partial charge in [-0.25, -0.2) is 0 Å². The molecule has 14 heavy (non-hydrogen) atoms. The van der Waals surface area contributed by atoms with Crippen molar-refractivity contribution in [2.24, 2.45) is 0 Å². The van der Waals surface area contributed by atoms with E-state index >= 15 is 0 Å². The Hall–Kier alpha value is -0.860. The molecule has 0 aliphatic carbocycles. The third kappa shape index (κ3) is 1.35. The van der Waals surface area contributed by atoms with Crippen LogP contribution >= 0.6 is 22.9 Å². The van der Waals surface area contributed by atoms with Crippen molar-refractivity contribution in [3.8, 4) is 0 Å². The van der Waals surface area contributed by atoms with E-state index in [9.17, 15) is 4.79 Å². The van der Waals surface area contributed by atoms with E-state index in [1.807, 2.05) is 25.1 Å². The van der Waals surface area contributed by atoms with Gasteiger partial charge in [0.15, 0.2) is 5.78 Å². The first-order valence-corrected chi connectivity index (χ1v) is 5.49. The molecule has 1 aromatic heterocycles. The molecule has 0 saturated heterocycles. The number of aryl methyl sites for hydroxylation is 1. The monoisotopic (exact) mass is 224 g/mol. The van der Waals surface area contributed by atoms with Gasteiger partial charge in [0.05, 0.1) is 4.88 Å². The van der Waals surface area contributed by atoms with E-state index in [1.165, 1.54) is 11.3 Å². The van der Waals surface area contributed by atoms with Gasteiger partial charge in [0.25, 0.3) is 0 Å². The predicted octanol–water partition coefficient (Wildman–Crippen LogP) is 4.07. The summed E-state index contributed by atoms with van der Waals surface area (Å²) in [4.78, 5) is 12.1. The zero-order valence-corrected chi connectivity index (χ0v) is 9.50. The molecule has 0 unspecified atom stereocenters. The quantitative estimate of drug-likeness (QED) is 0.668. The molecule has 72 valence electrons. The fourth-order valence-corrected chi connectivity index (χ4v) is 3.09. The number of carbonyl (C=O) groups excluding carboxylic acids is 1. The average molecular weight is 225 g/mol.